The number of nitrogens with one attached hydrogen (secondary N) is 1. The zero-order valence-electron chi connectivity index (χ0n) is 13.1. The minimum absolute atomic E-state index is 0.00507. The molecule has 1 aliphatic rings. The molecule has 21 heavy (non-hydrogen) atoms. The van der Waals surface area contributed by atoms with Crippen molar-refractivity contribution in [2.24, 2.45) is 11.1 Å². The number of piperidine rings is 1. The normalized spacial score (nSPS) is 21.8. The third-order valence-corrected chi connectivity index (χ3v) is 4.11. The fraction of sp³-hybridized carbons (Fsp3) is 0.562. The molecule has 0 aliphatic carbocycles. The SMILES string of the molecule is COc1cccc(NC(=O)CN2CCC(N)C(C)(C)C2)c1. The molecular weight excluding hydrogens is 266 g/mol. The number of nitrogens with zero attached hydrogens (tertiary/aromatic N) is 1. The lowest BCUT2D eigenvalue weighted by Crippen LogP contribution is -2.53. The smallest absolute Gasteiger partial charge is 0.238 e. The summed E-state index contributed by atoms with van der Waals surface area (Å²) in [6.07, 6.45) is 0.930. The van der Waals surface area contributed by atoms with Gasteiger partial charge < -0.3 is 15.8 Å². The van der Waals surface area contributed by atoms with Crippen molar-refractivity contribution in [1.29, 1.82) is 0 Å². The summed E-state index contributed by atoms with van der Waals surface area (Å²) in [5, 5.41) is 2.91. The van der Waals surface area contributed by atoms with Crippen molar-refractivity contribution in [3.63, 3.8) is 0 Å². The molecule has 1 fully saturated rings. The van der Waals surface area contributed by atoms with Crippen LogP contribution in [0.4, 0.5) is 5.69 Å². The molecule has 1 atom stereocenters. The van der Waals surface area contributed by atoms with Gasteiger partial charge in [-0.3, -0.25) is 9.69 Å². The van der Waals surface area contributed by atoms with Crippen molar-refractivity contribution in [2.75, 3.05) is 32.1 Å². The summed E-state index contributed by atoms with van der Waals surface area (Å²) in [6.45, 7) is 6.43. The van der Waals surface area contributed by atoms with Crippen LogP contribution < -0.4 is 15.8 Å². The number of ether oxygens (including phenoxy) is 1. The van der Waals surface area contributed by atoms with Crippen LogP contribution in [0.5, 0.6) is 5.75 Å². The molecule has 0 saturated carbocycles. The topological polar surface area (TPSA) is 67.6 Å². The van der Waals surface area contributed by atoms with Gasteiger partial charge in [-0.05, 0) is 24.0 Å². The number of benzene rings is 1. The van der Waals surface area contributed by atoms with E-state index in [-0.39, 0.29) is 17.4 Å². The summed E-state index contributed by atoms with van der Waals surface area (Å²) < 4.78 is 5.15. The van der Waals surface area contributed by atoms with Crippen molar-refractivity contribution in [1.82, 2.24) is 4.90 Å². The van der Waals surface area contributed by atoms with E-state index in [0.717, 1.165) is 30.9 Å². The molecule has 1 unspecified atom stereocenters. The van der Waals surface area contributed by atoms with Gasteiger partial charge in [-0.25, -0.2) is 0 Å². The average molecular weight is 291 g/mol. The second kappa shape index (κ2) is 6.45. The minimum Gasteiger partial charge on any atom is -0.497 e. The van der Waals surface area contributed by atoms with Crippen molar-refractivity contribution in [2.45, 2.75) is 26.3 Å². The second-order valence-corrected chi connectivity index (χ2v) is 6.37. The van der Waals surface area contributed by atoms with Gasteiger partial charge in [0, 0.05) is 30.9 Å². The molecule has 5 nitrogen and oxygen atoms in total. The zero-order valence-corrected chi connectivity index (χ0v) is 13.1. The van der Waals surface area contributed by atoms with Crippen LogP contribution in [0.2, 0.25) is 0 Å². The van der Waals surface area contributed by atoms with E-state index in [1.54, 1.807) is 7.11 Å². The van der Waals surface area contributed by atoms with Crippen molar-refractivity contribution < 1.29 is 9.53 Å². The van der Waals surface area contributed by atoms with Crippen molar-refractivity contribution >= 4 is 11.6 Å². The van der Waals surface area contributed by atoms with E-state index >= 15 is 0 Å². The van der Waals surface area contributed by atoms with Crippen LogP contribution >= 0.6 is 0 Å². The standard InChI is InChI=1S/C16H25N3O2/c1-16(2)11-19(8-7-14(16)17)10-15(20)18-12-5-4-6-13(9-12)21-3/h4-6,9,14H,7-8,10-11,17H2,1-3H3,(H,18,20). The number of hydrogen-bond donors (Lipinski definition) is 2. The van der Waals surface area contributed by atoms with Gasteiger partial charge in [0.2, 0.25) is 5.91 Å². The Morgan fingerprint density at radius 1 is 1.52 bits per heavy atom. The van der Waals surface area contributed by atoms with Crippen LogP contribution in [0.1, 0.15) is 20.3 Å². The molecule has 0 spiro atoms. The highest BCUT2D eigenvalue weighted by Gasteiger charge is 2.33. The zero-order chi connectivity index (χ0) is 15.5. The fourth-order valence-electron chi connectivity index (χ4n) is 2.72. The summed E-state index contributed by atoms with van der Waals surface area (Å²) in [5.74, 6) is 0.729. The first-order chi connectivity index (χ1) is 9.90. The number of carbonyl (C=O) groups excluding carboxylic acids is 1. The van der Waals surface area contributed by atoms with Crippen LogP contribution in [-0.4, -0.2) is 43.6 Å². The summed E-state index contributed by atoms with van der Waals surface area (Å²) in [5.41, 5.74) is 6.93. The summed E-state index contributed by atoms with van der Waals surface area (Å²) >= 11 is 0. The molecule has 0 bridgehead atoms. The molecule has 116 valence electrons. The molecule has 1 saturated heterocycles. The predicted octanol–water partition coefficient (Wildman–Crippen LogP) is 1.69. The van der Waals surface area contributed by atoms with E-state index in [1.807, 2.05) is 24.3 Å². The molecule has 1 heterocycles. The highest BCUT2D eigenvalue weighted by atomic mass is 16.5. The first-order valence-electron chi connectivity index (χ1n) is 7.32. The number of anilines is 1. The Kier molecular flexibility index (Phi) is 4.85. The third kappa shape index (κ3) is 4.19. The Balaban J connectivity index is 1.90. The van der Waals surface area contributed by atoms with E-state index in [4.69, 9.17) is 10.5 Å². The van der Waals surface area contributed by atoms with Crippen LogP contribution in [-0.2, 0) is 4.79 Å². The molecule has 1 amide bonds. The molecule has 5 heteroatoms. The maximum absolute atomic E-state index is 12.1. The molecule has 1 aromatic carbocycles. The largest absolute Gasteiger partial charge is 0.497 e. The Labute approximate surface area is 126 Å². The quantitative estimate of drug-likeness (QED) is 0.886. The number of methoxy groups -OCH3 is 1. The van der Waals surface area contributed by atoms with Crippen LogP contribution in [0.15, 0.2) is 24.3 Å². The second-order valence-electron chi connectivity index (χ2n) is 6.37. The van der Waals surface area contributed by atoms with Gasteiger partial charge in [-0.15, -0.1) is 0 Å². The highest BCUT2D eigenvalue weighted by Crippen LogP contribution is 2.27. The monoisotopic (exact) mass is 291 g/mol. The maximum Gasteiger partial charge on any atom is 0.238 e. The molecule has 0 radical (unpaired) electrons. The first-order valence-corrected chi connectivity index (χ1v) is 7.32. The van der Waals surface area contributed by atoms with E-state index in [9.17, 15) is 4.79 Å². The van der Waals surface area contributed by atoms with Gasteiger partial charge in [0.1, 0.15) is 5.75 Å². The molecular formula is C16H25N3O2. The highest BCUT2D eigenvalue weighted by molar-refractivity contribution is 5.92. The van der Waals surface area contributed by atoms with E-state index in [2.05, 4.69) is 24.1 Å². The van der Waals surface area contributed by atoms with Crippen molar-refractivity contribution in [3.8, 4) is 5.75 Å². The summed E-state index contributed by atoms with van der Waals surface area (Å²) in [7, 11) is 1.61. The summed E-state index contributed by atoms with van der Waals surface area (Å²) in [6, 6.07) is 7.58. The van der Waals surface area contributed by atoms with Gasteiger partial charge in [-0.2, -0.15) is 0 Å². The Hall–Kier alpha value is -1.59. The lowest BCUT2D eigenvalue weighted by molar-refractivity contribution is -0.118. The van der Waals surface area contributed by atoms with E-state index in [0.29, 0.717) is 6.54 Å². The number of rotatable bonds is 4. The fourth-order valence-corrected chi connectivity index (χ4v) is 2.72. The molecule has 2 rings (SSSR count). The Bertz CT molecular complexity index is 502. The van der Waals surface area contributed by atoms with Crippen molar-refractivity contribution in [3.05, 3.63) is 24.3 Å². The van der Waals surface area contributed by atoms with Gasteiger partial charge in [0.15, 0.2) is 0 Å². The van der Waals surface area contributed by atoms with Crippen LogP contribution in [0.25, 0.3) is 0 Å². The van der Waals surface area contributed by atoms with E-state index in [1.165, 1.54) is 0 Å². The number of amides is 1. The first kappa shape index (κ1) is 15.8. The Morgan fingerprint density at radius 2 is 2.29 bits per heavy atom. The number of hydrogen-bond acceptors (Lipinski definition) is 4. The maximum atomic E-state index is 12.1. The minimum atomic E-state index is -0.00507. The lowest BCUT2D eigenvalue weighted by atomic mass is 9.80. The molecule has 1 aromatic rings. The molecule has 3 N–H and O–H groups in total. The van der Waals surface area contributed by atoms with Gasteiger partial charge in [0.25, 0.3) is 0 Å². The molecule has 1 aliphatic heterocycles. The number of carbonyl (C=O) groups is 1. The molecule has 0 aromatic heterocycles. The summed E-state index contributed by atoms with van der Waals surface area (Å²) in [4.78, 5) is 14.3. The van der Waals surface area contributed by atoms with Crippen LogP contribution in [0, 0.1) is 5.41 Å². The predicted molar refractivity (Wildman–Crippen MR) is 84.4 cm³/mol. The van der Waals surface area contributed by atoms with Gasteiger partial charge >= 0.3 is 0 Å². The average Bonchev–Trinajstić information content (AvgIpc) is 2.42. The lowest BCUT2D eigenvalue weighted by Gasteiger charge is -2.42. The van der Waals surface area contributed by atoms with Gasteiger partial charge in [0.05, 0.1) is 13.7 Å². The number of likely N-dealkylation sites (tertiary alicyclic amines) is 1. The third-order valence-electron chi connectivity index (χ3n) is 4.11. The number of nitrogens with two attached hydrogens (primary N) is 1. The van der Waals surface area contributed by atoms with Crippen LogP contribution in [0.3, 0.4) is 0 Å². The van der Waals surface area contributed by atoms with Gasteiger partial charge in [-0.1, -0.05) is 19.9 Å². The van der Waals surface area contributed by atoms with E-state index < -0.39 is 0 Å². The Morgan fingerprint density at radius 3 is 2.95 bits per heavy atom.